The van der Waals surface area contributed by atoms with Gasteiger partial charge in [0.1, 0.15) is 5.82 Å². The maximum atomic E-state index is 13.5. The average molecular weight is 340 g/mol. The van der Waals surface area contributed by atoms with Crippen LogP contribution in [0.5, 0.6) is 0 Å². The van der Waals surface area contributed by atoms with E-state index >= 15 is 0 Å². The van der Waals surface area contributed by atoms with Crippen LogP contribution in [-0.2, 0) is 0 Å². The quantitative estimate of drug-likeness (QED) is 0.713. The minimum Gasteiger partial charge on any atom is -0.334 e. The molecule has 2 aromatic carbocycles. The molecule has 3 rings (SSSR count). The Kier molecular flexibility index (Phi) is 4.51. The number of benzene rings is 2. The SMILES string of the molecule is Cc1noc(-c2ccc(C(=O)NNC(=O)c3ccccc3F)cc2)n1. The topological polar surface area (TPSA) is 97.1 Å². The zero-order valence-corrected chi connectivity index (χ0v) is 13.1. The Morgan fingerprint density at radius 1 is 1.00 bits per heavy atom. The molecule has 8 heteroatoms. The van der Waals surface area contributed by atoms with Crippen LogP contribution in [0.15, 0.2) is 53.1 Å². The van der Waals surface area contributed by atoms with Crippen molar-refractivity contribution in [3.63, 3.8) is 0 Å². The third kappa shape index (κ3) is 3.69. The van der Waals surface area contributed by atoms with Crippen LogP contribution in [0.4, 0.5) is 4.39 Å². The molecule has 0 radical (unpaired) electrons. The van der Waals surface area contributed by atoms with Gasteiger partial charge >= 0.3 is 0 Å². The molecule has 0 unspecified atom stereocenters. The number of halogens is 1. The molecule has 2 N–H and O–H groups in total. The van der Waals surface area contributed by atoms with Crippen molar-refractivity contribution < 1.29 is 18.5 Å². The van der Waals surface area contributed by atoms with Gasteiger partial charge in [0.15, 0.2) is 5.82 Å². The third-order valence-corrected chi connectivity index (χ3v) is 3.33. The van der Waals surface area contributed by atoms with E-state index < -0.39 is 17.6 Å². The van der Waals surface area contributed by atoms with Gasteiger partial charge in [0.05, 0.1) is 5.56 Å². The second kappa shape index (κ2) is 6.91. The Bertz CT molecular complexity index is 922. The van der Waals surface area contributed by atoms with Gasteiger partial charge in [-0.3, -0.25) is 20.4 Å². The number of carbonyl (C=O) groups excluding carboxylic acids is 2. The highest BCUT2D eigenvalue weighted by molar-refractivity contribution is 5.99. The van der Waals surface area contributed by atoms with E-state index in [1.54, 1.807) is 31.2 Å². The van der Waals surface area contributed by atoms with Crippen LogP contribution in [0.1, 0.15) is 26.5 Å². The van der Waals surface area contributed by atoms with Crippen molar-refractivity contribution in [1.82, 2.24) is 21.0 Å². The van der Waals surface area contributed by atoms with Gasteiger partial charge in [-0.25, -0.2) is 4.39 Å². The van der Waals surface area contributed by atoms with Gasteiger partial charge in [-0.2, -0.15) is 4.98 Å². The smallest absolute Gasteiger partial charge is 0.272 e. The van der Waals surface area contributed by atoms with Crippen molar-refractivity contribution in [2.75, 3.05) is 0 Å². The van der Waals surface area contributed by atoms with Gasteiger partial charge in [0, 0.05) is 11.1 Å². The maximum absolute atomic E-state index is 13.5. The van der Waals surface area contributed by atoms with E-state index in [2.05, 4.69) is 21.0 Å². The molecule has 3 aromatic rings. The Hall–Kier alpha value is -3.55. The van der Waals surface area contributed by atoms with Crippen LogP contribution >= 0.6 is 0 Å². The number of hydrogen-bond donors (Lipinski definition) is 2. The normalized spacial score (nSPS) is 10.3. The predicted molar refractivity (Wildman–Crippen MR) is 85.8 cm³/mol. The van der Waals surface area contributed by atoms with Crippen molar-refractivity contribution in [2.45, 2.75) is 6.92 Å². The van der Waals surface area contributed by atoms with E-state index in [0.717, 1.165) is 6.07 Å². The van der Waals surface area contributed by atoms with Gasteiger partial charge in [-0.05, 0) is 43.3 Å². The van der Waals surface area contributed by atoms with Crippen molar-refractivity contribution in [3.8, 4) is 11.5 Å². The highest BCUT2D eigenvalue weighted by Crippen LogP contribution is 2.17. The van der Waals surface area contributed by atoms with Crippen LogP contribution in [0.25, 0.3) is 11.5 Å². The molecule has 0 aliphatic rings. The lowest BCUT2D eigenvalue weighted by atomic mass is 10.1. The standard InChI is InChI=1S/C17H13FN4O3/c1-10-19-17(25-22-10)12-8-6-11(7-9-12)15(23)20-21-16(24)13-4-2-3-5-14(13)18/h2-9H,1H3,(H,20,23)(H,21,24). The fraction of sp³-hybridized carbons (Fsp3) is 0.0588. The molecular formula is C17H13FN4O3. The molecule has 0 saturated heterocycles. The molecule has 0 spiro atoms. The summed E-state index contributed by atoms with van der Waals surface area (Å²) in [7, 11) is 0. The highest BCUT2D eigenvalue weighted by Gasteiger charge is 2.13. The van der Waals surface area contributed by atoms with Crippen LogP contribution in [0.2, 0.25) is 0 Å². The first-order valence-electron chi connectivity index (χ1n) is 7.30. The molecule has 0 saturated carbocycles. The lowest BCUT2D eigenvalue weighted by Crippen LogP contribution is -2.41. The van der Waals surface area contributed by atoms with E-state index in [0.29, 0.717) is 22.8 Å². The molecule has 0 bridgehead atoms. The van der Waals surface area contributed by atoms with Crippen molar-refractivity contribution >= 4 is 11.8 Å². The highest BCUT2D eigenvalue weighted by atomic mass is 19.1. The van der Waals surface area contributed by atoms with Gasteiger partial charge in [-0.15, -0.1) is 0 Å². The summed E-state index contributed by atoms with van der Waals surface area (Å²) in [5.74, 6) is -1.11. The summed E-state index contributed by atoms with van der Waals surface area (Å²) in [6, 6.07) is 11.8. The Labute approximate surface area is 141 Å². The number of rotatable bonds is 3. The minimum absolute atomic E-state index is 0.162. The zero-order valence-electron chi connectivity index (χ0n) is 13.1. The number of amides is 2. The molecule has 126 valence electrons. The summed E-state index contributed by atoms with van der Waals surface area (Å²) in [5, 5.41) is 3.69. The zero-order chi connectivity index (χ0) is 17.8. The van der Waals surface area contributed by atoms with E-state index in [4.69, 9.17) is 4.52 Å². The molecule has 7 nitrogen and oxygen atoms in total. The van der Waals surface area contributed by atoms with E-state index in [-0.39, 0.29) is 5.56 Å². The fourth-order valence-corrected chi connectivity index (χ4v) is 2.08. The molecule has 0 fully saturated rings. The van der Waals surface area contributed by atoms with Crippen LogP contribution in [-0.4, -0.2) is 22.0 Å². The second-order valence-corrected chi connectivity index (χ2v) is 5.11. The summed E-state index contributed by atoms with van der Waals surface area (Å²) in [6.45, 7) is 1.70. The van der Waals surface area contributed by atoms with Crippen LogP contribution in [0, 0.1) is 12.7 Å². The molecule has 2 amide bonds. The summed E-state index contributed by atoms with van der Waals surface area (Å²) < 4.78 is 18.5. The molecule has 0 atom stereocenters. The van der Waals surface area contributed by atoms with Gasteiger partial charge in [0.2, 0.25) is 0 Å². The average Bonchev–Trinajstić information content (AvgIpc) is 3.06. The fourth-order valence-electron chi connectivity index (χ4n) is 2.08. The van der Waals surface area contributed by atoms with Crippen LogP contribution < -0.4 is 10.9 Å². The first-order valence-corrected chi connectivity index (χ1v) is 7.30. The lowest BCUT2D eigenvalue weighted by molar-refractivity contribution is 0.0844. The van der Waals surface area contributed by atoms with Crippen molar-refractivity contribution in [3.05, 3.63) is 71.3 Å². The predicted octanol–water partition coefficient (Wildman–Crippen LogP) is 2.26. The minimum atomic E-state index is -0.746. The van der Waals surface area contributed by atoms with Crippen molar-refractivity contribution in [2.24, 2.45) is 0 Å². The Balaban J connectivity index is 1.63. The molecule has 25 heavy (non-hydrogen) atoms. The first-order chi connectivity index (χ1) is 12.0. The van der Waals surface area contributed by atoms with Gasteiger partial charge in [0.25, 0.3) is 17.7 Å². The number of aromatic nitrogens is 2. The molecule has 1 aromatic heterocycles. The van der Waals surface area contributed by atoms with E-state index in [1.165, 1.54) is 18.2 Å². The molecule has 0 aliphatic carbocycles. The number of hydrazine groups is 1. The monoisotopic (exact) mass is 340 g/mol. The lowest BCUT2D eigenvalue weighted by Gasteiger charge is -2.08. The van der Waals surface area contributed by atoms with Gasteiger partial charge in [-0.1, -0.05) is 17.3 Å². The molecular weight excluding hydrogens is 327 g/mol. The van der Waals surface area contributed by atoms with E-state index in [1.807, 2.05) is 0 Å². The largest absolute Gasteiger partial charge is 0.334 e. The summed E-state index contributed by atoms with van der Waals surface area (Å²) in [4.78, 5) is 28.0. The summed E-state index contributed by atoms with van der Waals surface area (Å²) >= 11 is 0. The van der Waals surface area contributed by atoms with E-state index in [9.17, 15) is 14.0 Å². The van der Waals surface area contributed by atoms with Gasteiger partial charge < -0.3 is 4.52 Å². The Morgan fingerprint density at radius 2 is 1.68 bits per heavy atom. The van der Waals surface area contributed by atoms with Crippen molar-refractivity contribution in [1.29, 1.82) is 0 Å². The molecule has 0 aliphatic heterocycles. The summed E-state index contributed by atoms with van der Waals surface area (Å²) in [6.07, 6.45) is 0. The number of aryl methyl sites for hydroxylation is 1. The number of nitrogens with one attached hydrogen (secondary N) is 2. The molecule has 1 heterocycles. The number of hydrogen-bond acceptors (Lipinski definition) is 5. The first kappa shape index (κ1) is 16.3. The van der Waals surface area contributed by atoms with Crippen LogP contribution in [0.3, 0.4) is 0 Å². The third-order valence-electron chi connectivity index (χ3n) is 3.33. The number of carbonyl (C=O) groups is 2. The Morgan fingerprint density at radius 3 is 2.32 bits per heavy atom. The maximum Gasteiger partial charge on any atom is 0.272 e. The summed E-state index contributed by atoms with van der Waals surface area (Å²) in [5.41, 5.74) is 5.20. The second-order valence-electron chi connectivity index (χ2n) is 5.11. The number of nitrogens with zero attached hydrogens (tertiary/aromatic N) is 2.